The van der Waals surface area contributed by atoms with Gasteiger partial charge in [-0.25, -0.2) is 9.97 Å². The Labute approximate surface area is 163 Å². The molecule has 7 heteroatoms. The second kappa shape index (κ2) is 7.13. The molecule has 1 heterocycles. The first-order valence-electron chi connectivity index (χ1n) is 8.37. The third kappa shape index (κ3) is 3.77. The van der Waals surface area contributed by atoms with Crippen LogP contribution in [0.5, 0.6) is 0 Å². The van der Waals surface area contributed by atoms with Crippen molar-refractivity contribution in [2.24, 2.45) is 0 Å². The van der Waals surface area contributed by atoms with Crippen molar-refractivity contribution < 1.29 is 13.2 Å². The molecule has 0 saturated carbocycles. The highest BCUT2D eigenvalue weighted by Crippen LogP contribution is 2.33. The molecule has 0 spiro atoms. The third-order valence-corrected chi connectivity index (χ3v) is 4.39. The summed E-state index contributed by atoms with van der Waals surface area (Å²) in [5, 5.41) is 4.18. The van der Waals surface area contributed by atoms with Gasteiger partial charge in [0.1, 0.15) is 0 Å². The maximum absolute atomic E-state index is 13.0. The van der Waals surface area contributed by atoms with Gasteiger partial charge in [-0.1, -0.05) is 48.0 Å². The van der Waals surface area contributed by atoms with Crippen LogP contribution >= 0.6 is 11.6 Å². The van der Waals surface area contributed by atoms with Crippen LogP contribution in [0.3, 0.4) is 0 Å². The first-order valence-corrected chi connectivity index (χ1v) is 8.75. The summed E-state index contributed by atoms with van der Waals surface area (Å²) in [6, 6.07) is 19.6. The SMILES string of the molecule is FC(F)(F)c1cccc(Nc2nc(-c3ccccc3)c3cc(Cl)ccc3n2)c1. The van der Waals surface area contributed by atoms with Crippen molar-refractivity contribution in [3.63, 3.8) is 0 Å². The van der Waals surface area contributed by atoms with Gasteiger partial charge in [0.05, 0.1) is 16.8 Å². The van der Waals surface area contributed by atoms with Gasteiger partial charge in [-0.2, -0.15) is 13.2 Å². The van der Waals surface area contributed by atoms with Gasteiger partial charge >= 0.3 is 6.18 Å². The molecule has 0 radical (unpaired) electrons. The molecule has 28 heavy (non-hydrogen) atoms. The lowest BCUT2D eigenvalue weighted by molar-refractivity contribution is -0.137. The second-order valence-electron chi connectivity index (χ2n) is 6.13. The van der Waals surface area contributed by atoms with E-state index in [1.54, 1.807) is 18.2 Å². The van der Waals surface area contributed by atoms with E-state index in [1.807, 2.05) is 30.3 Å². The van der Waals surface area contributed by atoms with E-state index in [4.69, 9.17) is 11.6 Å². The average Bonchev–Trinajstić information content (AvgIpc) is 2.68. The minimum atomic E-state index is -4.42. The number of fused-ring (bicyclic) bond motifs is 1. The Morgan fingerprint density at radius 2 is 1.61 bits per heavy atom. The number of halogens is 4. The van der Waals surface area contributed by atoms with Crippen LogP contribution in [-0.4, -0.2) is 9.97 Å². The Kier molecular flexibility index (Phi) is 4.65. The fraction of sp³-hybridized carbons (Fsp3) is 0.0476. The smallest absolute Gasteiger partial charge is 0.324 e. The summed E-state index contributed by atoms with van der Waals surface area (Å²) in [6.45, 7) is 0. The molecule has 0 aliphatic carbocycles. The minimum Gasteiger partial charge on any atom is -0.324 e. The largest absolute Gasteiger partial charge is 0.416 e. The maximum atomic E-state index is 13.0. The predicted molar refractivity (Wildman–Crippen MR) is 105 cm³/mol. The molecule has 0 atom stereocenters. The Balaban J connectivity index is 1.82. The Hall–Kier alpha value is -3.12. The van der Waals surface area contributed by atoms with Crippen molar-refractivity contribution >= 4 is 34.1 Å². The number of anilines is 2. The normalized spacial score (nSPS) is 11.6. The first-order chi connectivity index (χ1) is 13.4. The van der Waals surface area contributed by atoms with Gasteiger partial charge in [-0.3, -0.25) is 0 Å². The van der Waals surface area contributed by atoms with Crippen molar-refractivity contribution in [1.29, 1.82) is 0 Å². The molecule has 0 saturated heterocycles. The third-order valence-electron chi connectivity index (χ3n) is 4.15. The zero-order valence-electron chi connectivity index (χ0n) is 14.3. The maximum Gasteiger partial charge on any atom is 0.416 e. The van der Waals surface area contributed by atoms with E-state index >= 15 is 0 Å². The monoisotopic (exact) mass is 399 g/mol. The zero-order valence-corrected chi connectivity index (χ0v) is 15.1. The van der Waals surface area contributed by atoms with Crippen LogP contribution in [0.15, 0.2) is 72.8 Å². The van der Waals surface area contributed by atoms with Crippen molar-refractivity contribution in [1.82, 2.24) is 9.97 Å². The van der Waals surface area contributed by atoms with E-state index in [1.165, 1.54) is 12.1 Å². The van der Waals surface area contributed by atoms with Gasteiger partial charge < -0.3 is 5.32 Å². The van der Waals surface area contributed by atoms with Crippen molar-refractivity contribution in [2.75, 3.05) is 5.32 Å². The summed E-state index contributed by atoms with van der Waals surface area (Å²) >= 11 is 6.13. The van der Waals surface area contributed by atoms with Crippen LogP contribution in [0.25, 0.3) is 22.2 Å². The quantitative estimate of drug-likeness (QED) is 0.416. The summed E-state index contributed by atoms with van der Waals surface area (Å²) in [5.74, 6) is 0.202. The van der Waals surface area contributed by atoms with E-state index < -0.39 is 11.7 Å². The number of hydrogen-bond donors (Lipinski definition) is 1. The van der Waals surface area contributed by atoms with E-state index in [-0.39, 0.29) is 11.6 Å². The highest BCUT2D eigenvalue weighted by molar-refractivity contribution is 6.31. The summed E-state index contributed by atoms with van der Waals surface area (Å²) in [7, 11) is 0. The molecular formula is C21H13ClF3N3. The van der Waals surface area contributed by atoms with Crippen molar-refractivity contribution in [2.45, 2.75) is 6.18 Å². The number of aromatic nitrogens is 2. The Morgan fingerprint density at radius 3 is 2.36 bits per heavy atom. The van der Waals surface area contributed by atoms with E-state index in [0.717, 1.165) is 23.1 Å². The molecule has 1 N–H and O–H groups in total. The lowest BCUT2D eigenvalue weighted by Crippen LogP contribution is -2.06. The fourth-order valence-corrected chi connectivity index (χ4v) is 3.05. The van der Waals surface area contributed by atoms with Crippen LogP contribution in [-0.2, 0) is 6.18 Å². The standard InChI is InChI=1S/C21H13ClF3N3/c22-15-9-10-18-17(12-15)19(13-5-2-1-3-6-13)28-20(27-18)26-16-8-4-7-14(11-16)21(23,24)25/h1-12H,(H,26,27,28). The second-order valence-corrected chi connectivity index (χ2v) is 6.56. The number of alkyl halides is 3. The molecule has 0 fully saturated rings. The predicted octanol–water partition coefficient (Wildman–Crippen LogP) is 6.71. The molecule has 0 bridgehead atoms. The summed E-state index contributed by atoms with van der Waals surface area (Å²) in [6.07, 6.45) is -4.42. The summed E-state index contributed by atoms with van der Waals surface area (Å²) in [5.41, 5.74) is 1.63. The van der Waals surface area contributed by atoms with Gasteiger partial charge in [0.15, 0.2) is 0 Å². The van der Waals surface area contributed by atoms with E-state index in [2.05, 4.69) is 15.3 Å². The van der Waals surface area contributed by atoms with E-state index in [9.17, 15) is 13.2 Å². The van der Waals surface area contributed by atoms with Gasteiger partial charge in [0.2, 0.25) is 5.95 Å². The average molecular weight is 400 g/mol. The fourth-order valence-electron chi connectivity index (χ4n) is 2.88. The van der Waals surface area contributed by atoms with Crippen LogP contribution in [0, 0.1) is 0 Å². The Bertz CT molecular complexity index is 1140. The molecular weight excluding hydrogens is 387 g/mol. The van der Waals surface area contributed by atoms with Crippen molar-refractivity contribution in [3.05, 3.63) is 83.4 Å². The molecule has 0 aliphatic heterocycles. The van der Waals surface area contributed by atoms with Crippen LogP contribution in [0.2, 0.25) is 5.02 Å². The van der Waals surface area contributed by atoms with Gasteiger partial charge in [0.25, 0.3) is 0 Å². The first kappa shape index (κ1) is 18.3. The molecule has 3 aromatic carbocycles. The Morgan fingerprint density at radius 1 is 0.821 bits per heavy atom. The summed E-state index contributed by atoms with van der Waals surface area (Å²) in [4.78, 5) is 8.96. The topological polar surface area (TPSA) is 37.8 Å². The molecule has 140 valence electrons. The lowest BCUT2D eigenvalue weighted by atomic mass is 10.1. The molecule has 0 aliphatic rings. The number of nitrogens with one attached hydrogen (secondary N) is 1. The summed E-state index contributed by atoms with van der Waals surface area (Å²) < 4.78 is 38.9. The number of benzene rings is 3. The van der Waals surface area contributed by atoms with Gasteiger partial charge in [-0.15, -0.1) is 0 Å². The number of rotatable bonds is 3. The highest BCUT2D eigenvalue weighted by atomic mass is 35.5. The lowest BCUT2D eigenvalue weighted by Gasteiger charge is -2.12. The highest BCUT2D eigenvalue weighted by Gasteiger charge is 2.30. The van der Waals surface area contributed by atoms with Crippen LogP contribution in [0.1, 0.15) is 5.56 Å². The molecule has 0 unspecified atom stereocenters. The van der Waals surface area contributed by atoms with Gasteiger partial charge in [0, 0.05) is 21.7 Å². The number of nitrogens with zero attached hydrogens (tertiary/aromatic N) is 2. The van der Waals surface area contributed by atoms with Crippen LogP contribution in [0.4, 0.5) is 24.8 Å². The van der Waals surface area contributed by atoms with Gasteiger partial charge in [-0.05, 0) is 36.4 Å². The molecule has 1 aromatic heterocycles. The van der Waals surface area contributed by atoms with E-state index in [0.29, 0.717) is 16.2 Å². The van der Waals surface area contributed by atoms with Crippen molar-refractivity contribution in [3.8, 4) is 11.3 Å². The molecule has 0 amide bonds. The molecule has 4 rings (SSSR count). The minimum absolute atomic E-state index is 0.202. The zero-order chi connectivity index (χ0) is 19.7. The number of hydrogen-bond acceptors (Lipinski definition) is 3. The molecule has 4 aromatic rings. The van der Waals surface area contributed by atoms with Crippen LogP contribution < -0.4 is 5.32 Å². The molecule has 3 nitrogen and oxygen atoms in total.